The van der Waals surface area contributed by atoms with Crippen molar-refractivity contribution in [1.29, 1.82) is 0 Å². The Labute approximate surface area is 120 Å². The lowest BCUT2D eigenvalue weighted by Crippen LogP contribution is -2.09. The van der Waals surface area contributed by atoms with E-state index in [2.05, 4.69) is 4.98 Å². The van der Waals surface area contributed by atoms with Gasteiger partial charge in [-0.2, -0.15) is 0 Å². The molecule has 0 aliphatic heterocycles. The topological polar surface area (TPSA) is 43.8 Å². The van der Waals surface area contributed by atoms with Crippen molar-refractivity contribution in [3.8, 4) is 11.3 Å². The summed E-state index contributed by atoms with van der Waals surface area (Å²) in [7, 11) is 0. The third kappa shape index (κ3) is 2.28. The minimum Gasteiger partial charge on any atom is -0.383 e. The molecule has 0 saturated heterocycles. The Morgan fingerprint density at radius 2 is 1.76 bits per heavy atom. The van der Waals surface area contributed by atoms with Crippen molar-refractivity contribution in [1.82, 2.24) is 9.55 Å². The standard InChI is InChI=1S/C15H16F3N3/c1-7(2)21-14(19)13(20-15(21)8-3-4-8)9-5-11(17)12(18)6-10(9)16/h5-8H,3-4,19H2,1-2H3. The predicted octanol–water partition coefficient (Wildman–Crippen LogP) is 4.01. The first-order valence-electron chi connectivity index (χ1n) is 6.92. The van der Waals surface area contributed by atoms with E-state index in [4.69, 9.17) is 5.73 Å². The van der Waals surface area contributed by atoms with Crippen molar-refractivity contribution in [2.75, 3.05) is 5.73 Å². The van der Waals surface area contributed by atoms with E-state index in [9.17, 15) is 13.2 Å². The predicted molar refractivity (Wildman–Crippen MR) is 74.3 cm³/mol. The van der Waals surface area contributed by atoms with Gasteiger partial charge >= 0.3 is 0 Å². The fourth-order valence-corrected chi connectivity index (χ4v) is 2.54. The summed E-state index contributed by atoms with van der Waals surface area (Å²) in [5, 5.41) is 0. The van der Waals surface area contributed by atoms with Gasteiger partial charge in [-0.3, -0.25) is 0 Å². The van der Waals surface area contributed by atoms with E-state index in [1.165, 1.54) is 0 Å². The fourth-order valence-electron chi connectivity index (χ4n) is 2.54. The maximum Gasteiger partial charge on any atom is 0.161 e. The fraction of sp³-hybridized carbons (Fsp3) is 0.400. The number of nitrogen functional groups attached to an aromatic ring is 1. The number of rotatable bonds is 3. The Bertz CT molecular complexity index is 703. The van der Waals surface area contributed by atoms with Crippen LogP contribution in [0, 0.1) is 17.5 Å². The van der Waals surface area contributed by atoms with Crippen LogP contribution >= 0.6 is 0 Å². The van der Waals surface area contributed by atoms with Crippen molar-refractivity contribution in [3.63, 3.8) is 0 Å². The van der Waals surface area contributed by atoms with E-state index in [1.807, 2.05) is 18.4 Å². The summed E-state index contributed by atoms with van der Waals surface area (Å²) < 4.78 is 42.2. The lowest BCUT2D eigenvalue weighted by molar-refractivity contribution is 0.496. The van der Waals surface area contributed by atoms with Crippen LogP contribution in [0.4, 0.5) is 19.0 Å². The molecule has 112 valence electrons. The molecule has 3 nitrogen and oxygen atoms in total. The highest BCUT2D eigenvalue weighted by Crippen LogP contribution is 2.43. The second kappa shape index (κ2) is 4.79. The molecule has 0 bridgehead atoms. The quantitative estimate of drug-likeness (QED) is 0.870. The zero-order chi connectivity index (χ0) is 15.3. The van der Waals surface area contributed by atoms with Crippen LogP contribution in [0.15, 0.2) is 12.1 Å². The van der Waals surface area contributed by atoms with Gasteiger partial charge in [0, 0.05) is 23.6 Å². The molecule has 0 atom stereocenters. The molecule has 2 N–H and O–H groups in total. The van der Waals surface area contributed by atoms with Crippen LogP contribution < -0.4 is 5.73 Å². The molecule has 0 spiro atoms. The monoisotopic (exact) mass is 295 g/mol. The summed E-state index contributed by atoms with van der Waals surface area (Å²) in [6, 6.07) is 1.40. The van der Waals surface area contributed by atoms with Crippen molar-refractivity contribution >= 4 is 5.82 Å². The second-order valence-corrected chi connectivity index (χ2v) is 5.69. The summed E-state index contributed by atoms with van der Waals surface area (Å²) in [5.74, 6) is -1.80. The Hall–Kier alpha value is -1.98. The molecule has 2 aromatic rings. The van der Waals surface area contributed by atoms with E-state index in [1.54, 1.807) is 0 Å². The first-order chi connectivity index (χ1) is 9.90. The van der Waals surface area contributed by atoms with E-state index >= 15 is 0 Å². The first-order valence-corrected chi connectivity index (χ1v) is 6.92. The van der Waals surface area contributed by atoms with Crippen LogP contribution in [0.25, 0.3) is 11.3 Å². The van der Waals surface area contributed by atoms with Gasteiger partial charge in [-0.05, 0) is 32.8 Å². The molecule has 1 aromatic heterocycles. The molecule has 1 fully saturated rings. The van der Waals surface area contributed by atoms with Crippen LogP contribution in [0.3, 0.4) is 0 Å². The molecule has 0 unspecified atom stereocenters. The molecule has 1 aliphatic carbocycles. The lowest BCUT2D eigenvalue weighted by Gasteiger charge is -2.13. The minimum atomic E-state index is -1.22. The van der Waals surface area contributed by atoms with Gasteiger partial charge in [0.15, 0.2) is 11.6 Å². The zero-order valence-electron chi connectivity index (χ0n) is 11.8. The molecule has 21 heavy (non-hydrogen) atoms. The van der Waals surface area contributed by atoms with E-state index in [0.29, 0.717) is 12.0 Å². The Balaban J connectivity index is 2.19. The second-order valence-electron chi connectivity index (χ2n) is 5.69. The van der Waals surface area contributed by atoms with Crippen LogP contribution in [0.2, 0.25) is 0 Å². The molecule has 1 saturated carbocycles. The third-order valence-corrected chi connectivity index (χ3v) is 3.70. The van der Waals surface area contributed by atoms with Crippen LogP contribution in [-0.2, 0) is 0 Å². The van der Waals surface area contributed by atoms with Gasteiger partial charge in [0.05, 0.1) is 0 Å². The van der Waals surface area contributed by atoms with Gasteiger partial charge in [0.2, 0.25) is 0 Å². The molecule has 0 amide bonds. The average Bonchev–Trinajstić information content (AvgIpc) is 3.18. The summed E-state index contributed by atoms with van der Waals surface area (Å²) in [4.78, 5) is 4.40. The number of hydrogen-bond donors (Lipinski definition) is 1. The molecule has 3 rings (SSSR count). The van der Waals surface area contributed by atoms with E-state index in [-0.39, 0.29) is 23.1 Å². The van der Waals surface area contributed by atoms with Crippen LogP contribution in [-0.4, -0.2) is 9.55 Å². The lowest BCUT2D eigenvalue weighted by atomic mass is 10.1. The maximum atomic E-state index is 13.9. The molecule has 1 aliphatic rings. The number of aromatic nitrogens is 2. The highest BCUT2D eigenvalue weighted by atomic mass is 19.2. The van der Waals surface area contributed by atoms with Crippen molar-refractivity contribution < 1.29 is 13.2 Å². The molecule has 1 heterocycles. The Kier molecular flexibility index (Phi) is 3.19. The van der Waals surface area contributed by atoms with Crippen LogP contribution in [0.1, 0.15) is 44.5 Å². The average molecular weight is 295 g/mol. The number of nitrogens with zero attached hydrogens (tertiary/aromatic N) is 2. The molecular weight excluding hydrogens is 279 g/mol. The Morgan fingerprint density at radius 1 is 1.14 bits per heavy atom. The summed E-state index contributed by atoms with van der Waals surface area (Å²) in [6.45, 7) is 3.91. The van der Waals surface area contributed by atoms with E-state index in [0.717, 1.165) is 24.7 Å². The maximum absolute atomic E-state index is 13.9. The zero-order valence-corrected chi connectivity index (χ0v) is 11.8. The number of benzene rings is 1. The third-order valence-electron chi connectivity index (χ3n) is 3.70. The summed E-state index contributed by atoms with van der Waals surface area (Å²) in [5.41, 5.74) is 6.16. The normalized spacial score (nSPS) is 15.0. The molecule has 1 aromatic carbocycles. The van der Waals surface area contributed by atoms with Gasteiger partial charge in [-0.25, -0.2) is 18.2 Å². The van der Waals surface area contributed by atoms with Gasteiger partial charge < -0.3 is 10.3 Å². The van der Waals surface area contributed by atoms with Gasteiger partial charge in [0.25, 0.3) is 0 Å². The number of imidazole rings is 1. The van der Waals surface area contributed by atoms with Gasteiger partial charge in [-0.1, -0.05) is 0 Å². The summed E-state index contributed by atoms with van der Waals surface area (Å²) >= 11 is 0. The summed E-state index contributed by atoms with van der Waals surface area (Å²) in [6.07, 6.45) is 2.03. The highest BCUT2D eigenvalue weighted by Gasteiger charge is 2.32. The van der Waals surface area contributed by atoms with Crippen molar-refractivity contribution in [2.24, 2.45) is 0 Å². The van der Waals surface area contributed by atoms with Gasteiger partial charge in [0.1, 0.15) is 23.2 Å². The minimum absolute atomic E-state index is 0.0650. The highest BCUT2D eigenvalue weighted by molar-refractivity contribution is 5.72. The number of halogens is 3. The van der Waals surface area contributed by atoms with Crippen molar-refractivity contribution in [2.45, 2.75) is 38.6 Å². The number of hydrogen-bond acceptors (Lipinski definition) is 2. The largest absolute Gasteiger partial charge is 0.383 e. The molecular formula is C15H16F3N3. The van der Waals surface area contributed by atoms with E-state index < -0.39 is 17.5 Å². The van der Waals surface area contributed by atoms with Crippen LogP contribution in [0.5, 0.6) is 0 Å². The smallest absolute Gasteiger partial charge is 0.161 e. The number of nitrogens with two attached hydrogens (primary N) is 1. The molecule has 0 radical (unpaired) electrons. The SMILES string of the molecule is CC(C)n1c(C2CC2)nc(-c2cc(F)c(F)cc2F)c1N. The van der Waals surface area contributed by atoms with Gasteiger partial charge in [-0.15, -0.1) is 0 Å². The number of anilines is 1. The van der Waals surface area contributed by atoms with Crippen molar-refractivity contribution in [3.05, 3.63) is 35.4 Å². The molecule has 6 heteroatoms. The Morgan fingerprint density at radius 3 is 2.33 bits per heavy atom. The first kappa shape index (κ1) is 14.0.